The molecular weight excluding hydrogens is 406 g/mol. The summed E-state index contributed by atoms with van der Waals surface area (Å²) in [4.78, 5) is 22.8. The Balaban J connectivity index is 1.43. The van der Waals surface area contributed by atoms with Crippen LogP contribution in [0.25, 0.3) is 11.3 Å². The Morgan fingerprint density at radius 3 is 2.50 bits per heavy atom. The maximum absolute atomic E-state index is 11.7. The van der Waals surface area contributed by atoms with E-state index in [4.69, 9.17) is 15.7 Å². The lowest BCUT2D eigenvalue weighted by Gasteiger charge is -2.26. The molecule has 2 aromatic heterocycles. The van der Waals surface area contributed by atoms with Crippen molar-refractivity contribution in [3.8, 4) is 23.1 Å². The van der Waals surface area contributed by atoms with Crippen LogP contribution in [-0.2, 0) is 11.3 Å². The van der Waals surface area contributed by atoms with E-state index in [9.17, 15) is 4.79 Å². The summed E-state index contributed by atoms with van der Waals surface area (Å²) in [6.07, 6.45) is 1.79. The van der Waals surface area contributed by atoms with E-state index in [-0.39, 0.29) is 11.4 Å². The zero-order valence-electron chi connectivity index (χ0n) is 17.4. The van der Waals surface area contributed by atoms with Gasteiger partial charge in [-0.3, -0.25) is 19.9 Å². The summed E-state index contributed by atoms with van der Waals surface area (Å²) in [5, 5.41) is 8.83. The number of nitrogen functional groups attached to an aromatic ring is 1. The molecule has 3 aromatic rings. The second kappa shape index (κ2) is 10.0. The van der Waals surface area contributed by atoms with Crippen LogP contribution in [0.15, 0.2) is 54.7 Å². The van der Waals surface area contributed by atoms with Gasteiger partial charge in [-0.2, -0.15) is 0 Å². The Hall–Kier alpha value is -3.77. The number of pyridine rings is 2. The molecular formula is C24H23N5O3. The van der Waals surface area contributed by atoms with Crippen LogP contribution in [0, 0.1) is 11.8 Å². The Kier molecular flexibility index (Phi) is 6.72. The summed E-state index contributed by atoms with van der Waals surface area (Å²) in [5.74, 6) is 5.80. The third kappa shape index (κ3) is 5.47. The molecule has 0 saturated carbocycles. The molecule has 162 valence electrons. The molecule has 1 aliphatic heterocycles. The van der Waals surface area contributed by atoms with Gasteiger partial charge >= 0.3 is 0 Å². The van der Waals surface area contributed by atoms with E-state index in [2.05, 4.69) is 26.7 Å². The number of hydroxylamine groups is 1. The van der Waals surface area contributed by atoms with Gasteiger partial charge in [0.25, 0.3) is 5.91 Å². The molecule has 0 atom stereocenters. The van der Waals surface area contributed by atoms with E-state index in [0.29, 0.717) is 5.69 Å². The number of nitrogens with two attached hydrogens (primary N) is 1. The van der Waals surface area contributed by atoms with Gasteiger partial charge in [0, 0.05) is 48.1 Å². The highest BCUT2D eigenvalue weighted by Gasteiger charge is 2.11. The molecule has 8 nitrogen and oxygen atoms in total. The highest BCUT2D eigenvalue weighted by atomic mass is 16.5. The van der Waals surface area contributed by atoms with Crippen molar-refractivity contribution in [2.45, 2.75) is 6.54 Å². The van der Waals surface area contributed by atoms with Gasteiger partial charge in [-0.25, -0.2) is 10.5 Å². The van der Waals surface area contributed by atoms with Crippen LogP contribution in [0.5, 0.6) is 0 Å². The fourth-order valence-electron chi connectivity index (χ4n) is 3.34. The van der Waals surface area contributed by atoms with Gasteiger partial charge in [0.1, 0.15) is 5.82 Å². The number of hydrogen-bond acceptors (Lipinski definition) is 7. The number of morpholine rings is 1. The fraction of sp³-hybridized carbons (Fsp3) is 0.208. The zero-order chi connectivity index (χ0) is 22.3. The van der Waals surface area contributed by atoms with Crippen LogP contribution in [0.4, 0.5) is 5.82 Å². The summed E-state index contributed by atoms with van der Waals surface area (Å²) in [6.45, 7) is 4.23. The van der Waals surface area contributed by atoms with Crippen LogP contribution in [0.2, 0.25) is 0 Å². The minimum absolute atomic E-state index is 0.189. The summed E-state index contributed by atoms with van der Waals surface area (Å²) in [5.41, 5.74) is 11.6. The molecule has 8 heteroatoms. The van der Waals surface area contributed by atoms with Gasteiger partial charge in [0.2, 0.25) is 0 Å². The van der Waals surface area contributed by atoms with Crippen molar-refractivity contribution >= 4 is 11.7 Å². The molecule has 0 unspecified atom stereocenters. The van der Waals surface area contributed by atoms with Crippen LogP contribution in [0.3, 0.4) is 0 Å². The van der Waals surface area contributed by atoms with Gasteiger partial charge in [-0.05, 0) is 36.4 Å². The number of carbonyl (C=O) groups is 1. The van der Waals surface area contributed by atoms with Crippen molar-refractivity contribution in [2.24, 2.45) is 0 Å². The lowest BCUT2D eigenvalue weighted by atomic mass is 10.1. The SMILES string of the molecule is Nc1cc(C(=O)NO)cc(-c2ccc(C#Cc3ccc(CN4CCOCC4)nc3)cc2)n1. The molecule has 32 heavy (non-hydrogen) atoms. The number of ether oxygens (including phenoxy) is 1. The average Bonchev–Trinajstić information content (AvgIpc) is 2.83. The Labute approximate surface area is 186 Å². The average molecular weight is 429 g/mol. The van der Waals surface area contributed by atoms with E-state index in [1.807, 2.05) is 36.4 Å². The Morgan fingerprint density at radius 2 is 1.81 bits per heavy atom. The molecule has 0 radical (unpaired) electrons. The summed E-state index contributed by atoms with van der Waals surface area (Å²) in [7, 11) is 0. The second-order valence-electron chi connectivity index (χ2n) is 7.36. The molecule has 3 heterocycles. The lowest BCUT2D eigenvalue weighted by Crippen LogP contribution is -2.35. The number of anilines is 1. The minimum Gasteiger partial charge on any atom is -0.384 e. The lowest BCUT2D eigenvalue weighted by molar-refractivity contribution is 0.0336. The molecule has 1 fully saturated rings. The van der Waals surface area contributed by atoms with Crippen molar-refractivity contribution in [2.75, 3.05) is 32.0 Å². The van der Waals surface area contributed by atoms with E-state index >= 15 is 0 Å². The smallest absolute Gasteiger partial charge is 0.274 e. The highest BCUT2D eigenvalue weighted by molar-refractivity contribution is 5.95. The second-order valence-corrected chi connectivity index (χ2v) is 7.36. The van der Waals surface area contributed by atoms with E-state index < -0.39 is 5.91 Å². The first-order valence-corrected chi connectivity index (χ1v) is 10.2. The maximum Gasteiger partial charge on any atom is 0.274 e. The van der Waals surface area contributed by atoms with Crippen LogP contribution >= 0.6 is 0 Å². The first-order valence-electron chi connectivity index (χ1n) is 10.2. The van der Waals surface area contributed by atoms with E-state index in [1.54, 1.807) is 17.7 Å². The largest absolute Gasteiger partial charge is 0.384 e. The van der Waals surface area contributed by atoms with Gasteiger partial charge < -0.3 is 10.5 Å². The topological polar surface area (TPSA) is 114 Å². The van der Waals surface area contributed by atoms with Crippen molar-refractivity contribution < 1.29 is 14.7 Å². The van der Waals surface area contributed by atoms with Crippen molar-refractivity contribution in [1.29, 1.82) is 0 Å². The first-order chi connectivity index (χ1) is 15.6. The number of nitrogens with zero attached hydrogens (tertiary/aromatic N) is 3. The van der Waals surface area contributed by atoms with Crippen LogP contribution in [-0.4, -0.2) is 52.3 Å². The van der Waals surface area contributed by atoms with Gasteiger partial charge in [0.15, 0.2) is 0 Å². The number of benzene rings is 1. The minimum atomic E-state index is -0.646. The van der Waals surface area contributed by atoms with Crippen molar-refractivity contribution in [3.05, 3.63) is 77.1 Å². The monoisotopic (exact) mass is 429 g/mol. The van der Waals surface area contributed by atoms with Crippen LogP contribution < -0.4 is 11.2 Å². The highest BCUT2D eigenvalue weighted by Crippen LogP contribution is 2.21. The summed E-state index contributed by atoms with van der Waals surface area (Å²) < 4.78 is 5.37. The molecule has 1 aromatic carbocycles. The molecule has 1 amide bonds. The number of carbonyl (C=O) groups excluding carboxylic acids is 1. The molecule has 0 bridgehead atoms. The summed E-state index contributed by atoms with van der Waals surface area (Å²) >= 11 is 0. The third-order valence-electron chi connectivity index (χ3n) is 5.05. The van der Waals surface area contributed by atoms with Crippen LogP contribution in [0.1, 0.15) is 27.2 Å². The maximum atomic E-state index is 11.7. The molecule has 4 rings (SSSR count). The Bertz CT molecular complexity index is 1140. The number of nitrogens with one attached hydrogen (secondary N) is 1. The number of hydrogen-bond donors (Lipinski definition) is 3. The molecule has 1 saturated heterocycles. The molecule has 0 spiro atoms. The fourth-order valence-corrected chi connectivity index (χ4v) is 3.34. The third-order valence-corrected chi connectivity index (χ3v) is 5.05. The van der Waals surface area contributed by atoms with Crippen molar-refractivity contribution in [3.63, 3.8) is 0 Å². The zero-order valence-corrected chi connectivity index (χ0v) is 17.4. The molecule has 0 aliphatic carbocycles. The standard InChI is InChI=1S/C24H23N5O3/c25-23-14-20(24(30)28-31)13-22(27-23)19-6-3-17(4-7-19)1-2-18-5-8-21(26-15-18)16-29-9-11-32-12-10-29/h3-8,13-15,31H,9-12,16H2,(H2,25,27)(H,28,30). The normalized spacial score (nSPS) is 13.8. The Morgan fingerprint density at radius 1 is 1.09 bits per heavy atom. The van der Waals surface area contributed by atoms with E-state index in [1.165, 1.54) is 6.07 Å². The predicted molar refractivity (Wildman–Crippen MR) is 120 cm³/mol. The summed E-state index contributed by atoms with van der Waals surface area (Å²) in [6, 6.07) is 14.4. The molecule has 1 aliphatic rings. The quantitative estimate of drug-likeness (QED) is 0.331. The number of aromatic nitrogens is 2. The molecule has 4 N–H and O–H groups in total. The van der Waals surface area contributed by atoms with Gasteiger partial charge in [0.05, 0.1) is 24.6 Å². The van der Waals surface area contributed by atoms with E-state index in [0.717, 1.165) is 55.2 Å². The van der Waals surface area contributed by atoms with Gasteiger partial charge in [-0.15, -0.1) is 0 Å². The van der Waals surface area contributed by atoms with Crippen molar-refractivity contribution in [1.82, 2.24) is 20.3 Å². The number of rotatable bonds is 4. The first kappa shape index (κ1) is 21.5. The van der Waals surface area contributed by atoms with Gasteiger partial charge in [-0.1, -0.05) is 24.0 Å². The number of amides is 1. The predicted octanol–water partition coefficient (Wildman–Crippen LogP) is 2.08.